The number of aromatic nitrogens is 1. The number of hydrogen-bond acceptors (Lipinski definition) is 2. The third kappa shape index (κ3) is 4.75. The molecule has 1 aromatic heterocycles. The van der Waals surface area contributed by atoms with Gasteiger partial charge in [0, 0.05) is 17.8 Å². The fraction of sp³-hybridized carbons (Fsp3) is 0.444. The highest BCUT2D eigenvalue weighted by atomic mass is 35.5. The molecule has 0 fully saturated rings. The molecule has 13 heavy (non-hydrogen) atoms. The molecule has 1 aromatic rings. The van der Waals surface area contributed by atoms with Crippen LogP contribution >= 0.6 is 35.8 Å². The van der Waals surface area contributed by atoms with Crippen molar-refractivity contribution >= 4 is 35.8 Å². The summed E-state index contributed by atoms with van der Waals surface area (Å²) < 4.78 is 0. The lowest BCUT2D eigenvalue weighted by atomic mass is 10.3. The first-order valence-electron chi connectivity index (χ1n) is 3.95. The Bertz CT molecular complexity index is 243. The van der Waals surface area contributed by atoms with Crippen molar-refractivity contribution < 1.29 is 0 Å². The molecule has 0 N–H and O–H groups in total. The average molecular weight is 238 g/mol. The molecule has 0 saturated heterocycles. The SMILES string of the molecule is Cc1cccnc1SCCCCl.Cl. The van der Waals surface area contributed by atoms with Crippen LogP contribution < -0.4 is 0 Å². The van der Waals surface area contributed by atoms with E-state index in [-0.39, 0.29) is 12.4 Å². The summed E-state index contributed by atoms with van der Waals surface area (Å²) >= 11 is 7.35. The van der Waals surface area contributed by atoms with Crippen LogP contribution in [0, 0.1) is 6.92 Å². The summed E-state index contributed by atoms with van der Waals surface area (Å²) in [4.78, 5) is 4.27. The van der Waals surface area contributed by atoms with Gasteiger partial charge in [-0.25, -0.2) is 4.98 Å². The van der Waals surface area contributed by atoms with Gasteiger partial charge in [0.1, 0.15) is 0 Å². The van der Waals surface area contributed by atoms with E-state index in [0.29, 0.717) is 0 Å². The highest BCUT2D eigenvalue weighted by Gasteiger charge is 1.97. The molecule has 0 aliphatic heterocycles. The van der Waals surface area contributed by atoms with Gasteiger partial charge < -0.3 is 0 Å². The van der Waals surface area contributed by atoms with Crippen LogP contribution in [0.1, 0.15) is 12.0 Å². The topological polar surface area (TPSA) is 12.9 Å². The molecule has 0 amide bonds. The van der Waals surface area contributed by atoms with Crippen LogP contribution in [0.5, 0.6) is 0 Å². The summed E-state index contributed by atoms with van der Waals surface area (Å²) in [5, 5.41) is 1.13. The lowest BCUT2D eigenvalue weighted by Gasteiger charge is -2.01. The summed E-state index contributed by atoms with van der Waals surface area (Å²) in [5.41, 5.74) is 1.25. The third-order valence-corrected chi connectivity index (χ3v) is 2.94. The normalized spacial score (nSPS) is 9.38. The number of nitrogens with zero attached hydrogens (tertiary/aromatic N) is 1. The van der Waals surface area contributed by atoms with Crippen molar-refractivity contribution in [2.24, 2.45) is 0 Å². The van der Waals surface area contributed by atoms with Crippen molar-refractivity contribution in [3.63, 3.8) is 0 Å². The van der Waals surface area contributed by atoms with Gasteiger partial charge in [-0.05, 0) is 25.0 Å². The average Bonchev–Trinajstić information content (AvgIpc) is 2.09. The van der Waals surface area contributed by atoms with Crippen LogP contribution in [0.2, 0.25) is 0 Å². The molecule has 74 valence electrons. The van der Waals surface area contributed by atoms with Gasteiger partial charge in [0.2, 0.25) is 0 Å². The Hall–Kier alpha value is 0.0800. The minimum Gasteiger partial charge on any atom is -0.250 e. The van der Waals surface area contributed by atoms with Crippen molar-refractivity contribution in [2.75, 3.05) is 11.6 Å². The van der Waals surface area contributed by atoms with E-state index < -0.39 is 0 Å². The van der Waals surface area contributed by atoms with Gasteiger partial charge >= 0.3 is 0 Å². The van der Waals surface area contributed by atoms with Crippen molar-refractivity contribution in [3.05, 3.63) is 23.9 Å². The zero-order chi connectivity index (χ0) is 8.81. The molecular formula is C9H13Cl2NS. The quantitative estimate of drug-likeness (QED) is 0.452. The second kappa shape index (κ2) is 7.48. The van der Waals surface area contributed by atoms with Crippen LogP contribution in [-0.4, -0.2) is 16.6 Å². The van der Waals surface area contributed by atoms with Crippen molar-refractivity contribution in [1.29, 1.82) is 0 Å². The first-order chi connectivity index (χ1) is 5.84. The minimum absolute atomic E-state index is 0. The Balaban J connectivity index is 0.00000144. The van der Waals surface area contributed by atoms with Gasteiger partial charge in [0.25, 0.3) is 0 Å². The first-order valence-corrected chi connectivity index (χ1v) is 5.47. The Labute approximate surface area is 94.7 Å². The number of pyridine rings is 1. The van der Waals surface area contributed by atoms with E-state index in [1.165, 1.54) is 5.56 Å². The maximum atomic E-state index is 5.57. The highest BCUT2D eigenvalue weighted by molar-refractivity contribution is 7.99. The zero-order valence-electron chi connectivity index (χ0n) is 7.50. The Morgan fingerprint density at radius 3 is 2.92 bits per heavy atom. The second-order valence-corrected chi connectivity index (χ2v) is 3.98. The molecule has 0 unspecified atom stereocenters. The smallest absolute Gasteiger partial charge is 0.0988 e. The molecule has 0 spiro atoms. The molecule has 4 heteroatoms. The van der Waals surface area contributed by atoms with Gasteiger partial charge in [0.15, 0.2) is 0 Å². The first kappa shape index (κ1) is 13.1. The molecule has 0 aromatic carbocycles. The number of hydrogen-bond donors (Lipinski definition) is 0. The van der Waals surface area contributed by atoms with E-state index in [1.54, 1.807) is 11.8 Å². The van der Waals surface area contributed by atoms with E-state index in [4.69, 9.17) is 11.6 Å². The van der Waals surface area contributed by atoms with Gasteiger partial charge in [-0.15, -0.1) is 35.8 Å². The summed E-state index contributed by atoms with van der Waals surface area (Å²) in [7, 11) is 0. The molecule has 1 heterocycles. The van der Waals surface area contributed by atoms with Crippen LogP contribution in [0.25, 0.3) is 0 Å². The van der Waals surface area contributed by atoms with Crippen molar-refractivity contribution in [3.8, 4) is 0 Å². The van der Waals surface area contributed by atoms with Gasteiger partial charge in [0.05, 0.1) is 5.03 Å². The fourth-order valence-electron chi connectivity index (χ4n) is 0.846. The van der Waals surface area contributed by atoms with Crippen LogP contribution in [0.4, 0.5) is 0 Å². The zero-order valence-corrected chi connectivity index (χ0v) is 9.88. The van der Waals surface area contributed by atoms with Gasteiger partial charge in [-0.1, -0.05) is 6.07 Å². The van der Waals surface area contributed by atoms with Crippen molar-refractivity contribution in [2.45, 2.75) is 18.4 Å². The van der Waals surface area contributed by atoms with Gasteiger partial charge in [-0.3, -0.25) is 0 Å². The van der Waals surface area contributed by atoms with E-state index in [9.17, 15) is 0 Å². The van der Waals surface area contributed by atoms with Crippen molar-refractivity contribution in [1.82, 2.24) is 4.98 Å². The largest absolute Gasteiger partial charge is 0.250 e. The van der Waals surface area contributed by atoms with E-state index >= 15 is 0 Å². The second-order valence-electron chi connectivity index (χ2n) is 2.52. The minimum atomic E-state index is 0. The molecule has 0 atom stereocenters. The standard InChI is InChI=1S/C9H12ClNS.ClH/c1-8-4-2-6-11-9(8)12-7-3-5-10;/h2,4,6H,3,5,7H2,1H3;1H. The predicted molar refractivity (Wildman–Crippen MR) is 62.3 cm³/mol. The summed E-state index contributed by atoms with van der Waals surface area (Å²) in [5.74, 6) is 1.79. The monoisotopic (exact) mass is 237 g/mol. The highest BCUT2D eigenvalue weighted by Crippen LogP contribution is 2.19. The molecule has 0 bridgehead atoms. The Kier molecular flexibility index (Phi) is 7.53. The summed E-state index contributed by atoms with van der Waals surface area (Å²) in [6.45, 7) is 2.08. The Morgan fingerprint density at radius 2 is 2.31 bits per heavy atom. The number of halogens is 2. The maximum Gasteiger partial charge on any atom is 0.0988 e. The molecule has 1 nitrogen and oxygen atoms in total. The Morgan fingerprint density at radius 1 is 1.54 bits per heavy atom. The van der Waals surface area contributed by atoms with E-state index in [0.717, 1.165) is 23.1 Å². The van der Waals surface area contributed by atoms with E-state index in [2.05, 4.69) is 18.0 Å². The van der Waals surface area contributed by atoms with Crippen LogP contribution in [-0.2, 0) is 0 Å². The molecule has 0 saturated carbocycles. The van der Waals surface area contributed by atoms with Gasteiger partial charge in [-0.2, -0.15) is 0 Å². The molecule has 0 aliphatic rings. The fourth-order valence-corrected chi connectivity index (χ4v) is 2.05. The van der Waals surface area contributed by atoms with E-state index in [1.807, 2.05) is 12.3 Å². The van der Waals surface area contributed by atoms with Crippen LogP contribution in [0.15, 0.2) is 23.4 Å². The lowest BCUT2D eigenvalue weighted by molar-refractivity contribution is 1.06. The lowest BCUT2D eigenvalue weighted by Crippen LogP contribution is -1.86. The number of aryl methyl sites for hydroxylation is 1. The number of thioether (sulfide) groups is 1. The van der Waals surface area contributed by atoms with Crippen LogP contribution in [0.3, 0.4) is 0 Å². The molecular weight excluding hydrogens is 225 g/mol. The summed E-state index contributed by atoms with van der Waals surface area (Å²) in [6.07, 6.45) is 2.87. The molecule has 1 rings (SSSR count). The third-order valence-electron chi connectivity index (χ3n) is 1.48. The predicted octanol–water partition coefficient (Wildman–Crippen LogP) is 3.53. The number of rotatable bonds is 4. The number of alkyl halides is 1. The molecule has 0 radical (unpaired) electrons. The summed E-state index contributed by atoms with van der Waals surface area (Å²) in [6, 6.07) is 4.04. The molecule has 0 aliphatic carbocycles. The maximum absolute atomic E-state index is 5.57.